The number of carboxylic acids is 2. The Morgan fingerprint density at radius 2 is 1.46 bits per heavy atom. The summed E-state index contributed by atoms with van der Waals surface area (Å²) in [5.41, 5.74) is -1.87. The predicted molar refractivity (Wildman–Crippen MR) is 92.9 cm³/mol. The van der Waals surface area contributed by atoms with Gasteiger partial charge in [0, 0.05) is 0 Å². The molecule has 0 radical (unpaired) electrons. The van der Waals surface area contributed by atoms with E-state index in [4.69, 9.17) is 9.47 Å². The van der Waals surface area contributed by atoms with Gasteiger partial charge >= 0.3 is 11.9 Å². The molecule has 0 spiro atoms. The van der Waals surface area contributed by atoms with E-state index in [1.807, 2.05) is 0 Å². The largest absolute Gasteiger partial charge is 0.478 e. The molecule has 6 nitrogen and oxygen atoms in total. The lowest BCUT2D eigenvalue weighted by molar-refractivity contribution is -0.151. The van der Waals surface area contributed by atoms with Crippen molar-refractivity contribution in [1.29, 1.82) is 0 Å². The zero-order valence-electron chi connectivity index (χ0n) is 13.7. The molecule has 0 fully saturated rings. The summed E-state index contributed by atoms with van der Waals surface area (Å²) < 4.78 is 11.4. The highest BCUT2D eigenvalue weighted by Crippen LogP contribution is 2.33. The van der Waals surface area contributed by atoms with Crippen molar-refractivity contribution in [3.05, 3.63) is 84.1 Å². The fraction of sp³-hybridized carbons (Fsp3) is 0.100. The van der Waals surface area contributed by atoms with E-state index in [9.17, 15) is 19.8 Å². The van der Waals surface area contributed by atoms with Crippen molar-refractivity contribution in [2.75, 3.05) is 0 Å². The molecule has 0 heterocycles. The summed E-state index contributed by atoms with van der Waals surface area (Å²) in [6, 6.07) is 17.1. The van der Waals surface area contributed by atoms with Crippen LogP contribution in [0.1, 0.15) is 6.42 Å². The van der Waals surface area contributed by atoms with E-state index in [0.717, 1.165) is 0 Å². The molecule has 1 aliphatic carbocycles. The number of para-hydroxylation sites is 2. The molecule has 1 aliphatic rings. The number of hydrogen-bond donors (Lipinski definition) is 2. The molecule has 26 heavy (non-hydrogen) atoms. The molecule has 2 aromatic carbocycles. The van der Waals surface area contributed by atoms with E-state index in [1.165, 1.54) is 12.2 Å². The lowest BCUT2D eigenvalue weighted by Crippen LogP contribution is -2.45. The summed E-state index contributed by atoms with van der Waals surface area (Å²) in [6.07, 6.45) is 2.19. The zero-order valence-corrected chi connectivity index (χ0v) is 13.7. The summed E-state index contributed by atoms with van der Waals surface area (Å²) >= 11 is 0. The van der Waals surface area contributed by atoms with Crippen molar-refractivity contribution in [1.82, 2.24) is 0 Å². The average molecular weight is 352 g/mol. The molecule has 0 amide bonds. The third kappa shape index (κ3) is 3.59. The van der Waals surface area contributed by atoms with Crippen molar-refractivity contribution in [3.63, 3.8) is 0 Å². The van der Waals surface area contributed by atoms with E-state index >= 15 is 0 Å². The highest BCUT2D eigenvalue weighted by atomic mass is 16.5. The highest BCUT2D eigenvalue weighted by Gasteiger charge is 2.44. The summed E-state index contributed by atoms with van der Waals surface area (Å²) in [7, 11) is 0. The van der Waals surface area contributed by atoms with Gasteiger partial charge in [0.15, 0.2) is 0 Å². The number of carboxylic acid groups (broad SMARTS) is 2. The Bertz CT molecular complexity index is 870. The van der Waals surface area contributed by atoms with Crippen LogP contribution in [0.25, 0.3) is 0 Å². The first-order chi connectivity index (χ1) is 12.5. The number of carbonyl (C=O) groups is 2. The fourth-order valence-electron chi connectivity index (χ4n) is 2.58. The maximum absolute atomic E-state index is 12.0. The third-order valence-corrected chi connectivity index (χ3v) is 3.86. The van der Waals surface area contributed by atoms with Gasteiger partial charge in [-0.3, -0.25) is 0 Å². The van der Waals surface area contributed by atoms with Crippen LogP contribution in [-0.2, 0) is 9.59 Å². The Morgan fingerprint density at radius 3 is 2.00 bits per heavy atom. The van der Waals surface area contributed by atoms with Crippen LogP contribution >= 0.6 is 0 Å². The number of rotatable bonds is 6. The first-order valence-corrected chi connectivity index (χ1v) is 7.86. The van der Waals surface area contributed by atoms with Gasteiger partial charge in [-0.15, -0.1) is 0 Å². The molecule has 0 bridgehead atoms. The van der Waals surface area contributed by atoms with Crippen LogP contribution in [0.2, 0.25) is 0 Å². The van der Waals surface area contributed by atoms with Crippen molar-refractivity contribution in [2.45, 2.75) is 12.0 Å². The van der Waals surface area contributed by atoms with E-state index < -0.39 is 17.5 Å². The van der Waals surface area contributed by atoms with Gasteiger partial charge in [0.05, 0.1) is 12.0 Å². The second-order valence-corrected chi connectivity index (χ2v) is 5.68. The van der Waals surface area contributed by atoms with Crippen LogP contribution in [-0.4, -0.2) is 27.8 Å². The molecule has 1 atom stereocenters. The summed E-state index contributed by atoms with van der Waals surface area (Å²) in [5.74, 6) is -1.65. The molecule has 0 saturated carbocycles. The first-order valence-electron chi connectivity index (χ1n) is 7.86. The Labute approximate surface area is 149 Å². The first kappa shape index (κ1) is 17.3. The normalized spacial score (nSPS) is 19.1. The van der Waals surface area contributed by atoms with E-state index in [1.54, 1.807) is 60.7 Å². The minimum Gasteiger partial charge on any atom is -0.478 e. The fourth-order valence-corrected chi connectivity index (χ4v) is 2.58. The van der Waals surface area contributed by atoms with Gasteiger partial charge < -0.3 is 19.7 Å². The molecule has 1 unspecified atom stereocenters. The molecule has 0 aliphatic heterocycles. The minimum absolute atomic E-state index is 0.0181. The summed E-state index contributed by atoms with van der Waals surface area (Å²) in [6.45, 7) is 0. The standard InChI is InChI=1S/C20H16O6/c21-18(22)16-11-12-20(19(23)24,26-15-9-5-2-6-10-15)13-17(16)25-14-7-3-1-4-8-14/h1-12H,13H2,(H,21,22)(H,23,24). The van der Waals surface area contributed by atoms with Gasteiger partial charge in [0.1, 0.15) is 17.3 Å². The molecule has 2 N–H and O–H groups in total. The smallest absolute Gasteiger partial charge is 0.352 e. The van der Waals surface area contributed by atoms with Crippen molar-refractivity contribution >= 4 is 11.9 Å². The van der Waals surface area contributed by atoms with E-state index in [2.05, 4.69) is 0 Å². The Kier molecular flexibility index (Phi) is 4.75. The second-order valence-electron chi connectivity index (χ2n) is 5.68. The minimum atomic E-state index is -1.76. The zero-order chi connectivity index (χ0) is 18.6. The number of aliphatic carboxylic acids is 2. The van der Waals surface area contributed by atoms with Crippen LogP contribution in [0, 0.1) is 0 Å². The Hall–Kier alpha value is -3.54. The summed E-state index contributed by atoms with van der Waals surface area (Å²) in [4.78, 5) is 23.5. The van der Waals surface area contributed by atoms with Gasteiger partial charge in [-0.2, -0.15) is 0 Å². The van der Waals surface area contributed by atoms with E-state index in [0.29, 0.717) is 11.5 Å². The maximum atomic E-state index is 12.0. The topological polar surface area (TPSA) is 93.1 Å². The third-order valence-electron chi connectivity index (χ3n) is 3.86. The molecule has 0 saturated heterocycles. The van der Waals surface area contributed by atoms with Crippen molar-refractivity contribution < 1.29 is 29.3 Å². The van der Waals surface area contributed by atoms with Crippen molar-refractivity contribution in [2.24, 2.45) is 0 Å². The predicted octanol–water partition coefficient (Wildman–Crippen LogP) is 3.27. The van der Waals surface area contributed by atoms with Crippen molar-refractivity contribution in [3.8, 4) is 11.5 Å². The van der Waals surface area contributed by atoms with Gasteiger partial charge in [0.2, 0.25) is 5.60 Å². The summed E-state index contributed by atoms with van der Waals surface area (Å²) in [5, 5.41) is 19.2. The van der Waals surface area contributed by atoms with Crippen LogP contribution in [0.15, 0.2) is 84.1 Å². The monoisotopic (exact) mass is 352 g/mol. The molecule has 2 aromatic rings. The Balaban J connectivity index is 1.96. The lowest BCUT2D eigenvalue weighted by Gasteiger charge is -2.31. The molecule has 132 valence electrons. The highest BCUT2D eigenvalue weighted by molar-refractivity contribution is 5.93. The van der Waals surface area contributed by atoms with E-state index in [-0.39, 0.29) is 17.8 Å². The molecular formula is C20H16O6. The van der Waals surface area contributed by atoms with Gasteiger partial charge in [-0.05, 0) is 36.4 Å². The molecule has 3 rings (SSSR count). The van der Waals surface area contributed by atoms with Gasteiger partial charge in [-0.1, -0.05) is 36.4 Å². The lowest BCUT2D eigenvalue weighted by atomic mass is 9.90. The molecular weight excluding hydrogens is 336 g/mol. The van der Waals surface area contributed by atoms with Gasteiger partial charge in [-0.25, -0.2) is 9.59 Å². The second kappa shape index (κ2) is 7.14. The number of ether oxygens (including phenoxy) is 2. The van der Waals surface area contributed by atoms with Crippen LogP contribution in [0.3, 0.4) is 0 Å². The number of benzene rings is 2. The quantitative estimate of drug-likeness (QED) is 0.829. The molecule has 0 aromatic heterocycles. The van der Waals surface area contributed by atoms with Crippen LogP contribution in [0.4, 0.5) is 0 Å². The molecule has 6 heteroatoms. The van der Waals surface area contributed by atoms with Crippen LogP contribution in [0.5, 0.6) is 11.5 Å². The SMILES string of the molecule is O=C(O)C1=C(Oc2ccccc2)CC(Oc2ccccc2)(C(=O)O)C=C1. The average Bonchev–Trinajstić information content (AvgIpc) is 2.63. The Morgan fingerprint density at radius 1 is 0.885 bits per heavy atom. The van der Waals surface area contributed by atoms with Crippen LogP contribution < -0.4 is 9.47 Å². The number of hydrogen-bond acceptors (Lipinski definition) is 4. The maximum Gasteiger partial charge on any atom is 0.352 e. The van der Waals surface area contributed by atoms with Gasteiger partial charge in [0.25, 0.3) is 0 Å².